The summed E-state index contributed by atoms with van der Waals surface area (Å²) < 4.78 is 34.0. The molecule has 2 aliphatic rings. The molecule has 3 heterocycles. The molecule has 2 saturated heterocycles. The van der Waals surface area contributed by atoms with Crippen LogP contribution in [0.4, 0.5) is 5.95 Å². The molecule has 2 fully saturated rings. The maximum atomic E-state index is 13.2. The number of hydrogen-bond acceptors (Lipinski definition) is 6. The lowest BCUT2D eigenvalue weighted by Gasteiger charge is -2.42. The molecule has 1 aromatic carbocycles. The number of hydrogen-bond donors (Lipinski definition) is 0. The normalized spacial score (nSPS) is 19.7. The number of benzene rings is 1. The van der Waals surface area contributed by atoms with Crippen LogP contribution in [0.5, 0.6) is 0 Å². The van der Waals surface area contributed by atoms with E-state index in [9.17, 15) is 8.42 Å². The van der Waals surface area contributed by atoms with E-state index < -0.39 is 15.7 Å². The Bertz CT molecular complexity index is 928. The Morgan fingerprint density at radius 1 is 1.10 bits per heavy atom. The Morgan fingerprint density at radius 3 is 2.59 bits per heavy atom. The molecule has 0 bridgehead atoms. The van der Waals surface area contributed by atoms with E-state index in [2.05, 4.69) is 16.8 Å². The molecule has 0 amide bonds. The van der Waals surface area contributed by atoms with Crippen LogP contribution in [0.3, 0.4) is 0 Å². The molecule has 0 N–H and O–H groups in total. The number of anilines is 1. The molecule has 156 valence electrons. The third kappa shape index (κ3) is 4.01. The number of ether oxygens (including phenoxy) is 1. The fourth-order valence-corrected chi connectivity index (χ4v) is 5.88. The van der Waals surface area contributed by atoms with E-state index in [-0.39, 0.29) is 0 Å². The lowest BCUT2D eigenvalue weighted by atomic mass is 10.0. The zero-order chi connectivity index (χ0) is 20.3. The molecule has 1 spiro atoms. The van der Waals surface area contributed by atoms with Crippen molar-refractivity contribution in [2.45, 2.75) is 49.6 Å². The topological polar surface area (TPSA) is 75.6 Å². The Morgan fingerprint density at radius 2 is 1.86 bits per heavy atom. The molecule has 2 aliphatic heterocycles. The number of rotatable bonds is 6. The van der Waals surface area contributed by atoms with Gasteiger partial charge in [-0.05, 0) is 31.0 Å². The van der Waals surface area contributed by atoms with Crippen molar-refractivity contribution < 1.29 is 13.2 Å². The van der Waals surface area contributed by atoms with Crippen LogP contribution in [0.1, 0.15) is 38.3 Å². The predicted octanol–water partition coefficient (Wildman–Crippen LogP) is 2.84. The molecular weight excluding hydrogens is 388 g/mol. The summed E-state index contributed by atoms with van der Waals surface area (Å²) in [7, 11) is -3.59. The molecule has 8 heteroatoms. The highest BCUT2D eigenvalue weighted by Gasteiger charge is 2.50. The van der Waals surface area contributed by atoms with Crippen LogP contribution in [0.2, 0.25) is 0 Å². The zero-order valence-electron chi connectivity index (χ0n) is 16.8. The van der Waals surface area contributed by atoms with Crippen LogP contribution in [0.15, 0.2) is 47.5 Å². The smallest absolute Gasteiger partial charge is 0.245 e. The molecular formula is C21H28N4O3S. The van der Waals surface area contributed by atoms with Gasteiger partial charge in [-0.2, -0.15) is 4.31 Å². The number of piperidine rings is 1. The second-order valence-electron chi connectivity index (χ2n) is 7.62. The maximum Gasteiger partial charge on any atom is 0.245 e. The molecule has 0 atom stereocenters. The van der Waals surface area contributed by atoms with Gasteiger partial charge in [0, 0.05) is 44.4 Å². The van der Waals surface area contributed by atoms with Crippen molar-refractivity contribution >= 4 is 16.0 Å². The van der Waals surface area contributed by atoms with Gasteiger partial charge in [0.2, 0.25) is 16.0 Å². The summed E-state index contributed by atoms with van der Waals surface area (Å²) in [6.07, 6.45) is 6.21. The molecule has 1 aromatic heterocycles. The third-order valence-electron chi connectivity index (χ3n) is 5.77. The van der Waals surface area contributed by atoms with Crippen molar-refractivity contribution in [2.24, 2.45) is 0 Å². The molecule has 0 aliphatic carbocycles. The lowest BCUT2D eigenvalue weighted by molar-refractivity contribution is -0.0665. The third-order valence-corrected chi connectivity index (χ3v) is 7.73. The average Bonchev–Trinajstić information content (AvgIpc) is 3.17. The highest BCUT2D eigenvalue weighted by molar-refractivity contribution is 7.89. The first-order valence-corrected chi connectivity index (χ1v) is 11.8. The Balaban J connectivity index is 1.49. The average molecular weight is 417 g/mol. The second-order valence-corrected chi connectivity index (χ2v) is 9.49. The van der Waals surface area contributed by atoms with E-state index in [1.807, 2.05) is 18.3 Å². The summed E-state index contributed by atoms with van der Waals surface area (Å²) in [5.41, 5.74) is 0.285. The van der Waals surface area contributed by atoms with Gasteiger partial charge >= 0.3 is 0 Å². The summed E-state index contributed by atoms with van der Waals surface area (Å²) in [5, 5.41) is 0. The molecule has 4 rings (SSSR count). The number of aryl methyl sites for hydroxylation is 1. The van der Waals surface area contributed by atoms with Crippen molar-refractivity contribution in [1.82, 2.24) is 14.3 Å². The Labute approximate surface area is 172 Å². The van der Waals surface area contributed by atoms with Gasteiger partial charge in [-0.3, -0.25) is 0 Å². The lowest BCUT2D eigenvalue weighted by Crippen LogP contribution is -2.55. The maximum absolute atomic E-state index is 13.2. The number of nitrogens with zero attached hydrogens (tertiary/aromatic N) is 4. The monoisotopic (exact) mass is 416 g/mol. The van der Waals surface area contributed by atoms with Gasteiger partial charge < -0.3 is 9.64 Å². The van der Waals surface area contributed by atoms with E-state index in [0.717, 1.165) is 30.9 Å². The quantitative estimate of drug-likeness (QED) is 0.721. The van der Waals surface area contributed by atoms with E-state index in [4.69, 9.17) is 9.72 Å². The molecule has 2 aromatic rings. The molecule has 0 saturated carbocycles. The van der Waals surface area contributed by atoms with Gasteiger partial charge in [0.25, 0.3) is 0 Å². The SMILES string of the molecule is CCCCc1ccnc(N2CCC3(CC2)OCCN3S(=O)(=O)c2ccccc2)n1. The van der Waals surface area contributed by atoms with E-state index in [1.54, 1.807) is 28.6 Å². The van der Waals surface area contributed by atoms with Crippen LogP contribution in [0, 0.1) is 0 Å². The van der Waals surface area contributed by atoms with Crippen LogP contribution < -0.4 is 4.90 Å². The van der Waals surface area contributed by atoms with Crippen molar-refractivity contribution in [3.8, 4) is 0 Å². The highest BCUT2D eigenvalue weighted by atomic mass is 32.2. The minimum atomic E-state index is -3.59. The first-order valence-electron chi connectivity index (χ1n) is 10.3. The fourth-order valence-electron chi connectivity index (χ4n) is 4.14. The minimum Gasteiger partial charge on any atom is -0.358 e. The van der Waals surface area contributed by atoms with Crippen molar-refractivity contribution in [3.05, 3.63) is 48.3 Å². The van der Waals surface area contributed by atoms with Gasteiger partial charge in [-0.1, -0.05) is 31.5 Å². The van der Waals surface area contributed by atoms with Crippen LogP contribution >= 0.6 is 0 Å². The van der Waals surface area contributed by atoms with Crippen LogP contribution in [-0.4, -0.2) is 54.7 Å². The Hall–Kier alpha value is -2.03. The fraction of sp³-hybridized carbons (Fsp3) is 0.524. The molecule has 29 heavy (non-hydrogen) atoms. The summed E-state index contributed by atoms with van der Waals surface area (Å²) in [6, 6.07) is 10.6. The number of sulfonamides is 1. The Kier molecular flexibility index (Phi) is 5.85. The van der Waals surface area contributed by atoms with Crippen LogP contribution in [-0.2, 0) is 21.2 Å². The van der Waals surface area contributed by atoms with Crippen molar-refractivity contribution in [2.75, 3.05) is 31.1 Å². The summed E-state index contributed by atoms with van der Waals surface area (Å²) in [6.45, 7) is 4.31. The first kappa shape index (κ1) is 20.3. The van der Waals surface area contributed by atoms with Gasteiger partial charge in [0.05, 0.1) is 11.5 Å². The van der Waals surface area contributed by atoms with Gasteiger partial charge in [-0.25, -0.2) is 18.4 Å². The largest absolute Gasteiger partial charge is 0.358 e. The minimum absolute atomic E-state index is 0.319. The molecule has 7 nitrogen and oxygen atoms in total. The van der Waals surface area contributed by atoms with Crippen molar-refractivity contribution in [1.29, 1.82) is 0 Å². The van der Waals surface area contributed by atoms with Gasteiger partial charge in [0.1, 0.15) is 5.72 Å². The standard InChI is InChI=1S/C21H28N4O3S/c1-2-3-7-18-10-13-22-20(23-18)24-14-11-21(12-15-24)25(16-17-28-21)29(26,27)19-8-5-4-6-9-19/h4-6,8-10,13H,2-3,7,11-12,14-17H2,1H3. The summed E-state index contributed by atoms with van der Waals surface area (Å²) in [5.74, 6) is 0.726. The molecule has 0 radical (unpaired) electrons. The van der Waals surface area contributed by atoms with E-state index in [0.29, 0.717) is 44.0 Å². The van der Waals surface area contributed by atoms with Gasteiger partial charge in [0.15, 0.2) is 0 Å². The second kappa shape index (κ2) is 8.38. The zero-order valence-corrected chi connectivity index (χ0v) is 17.6. The van der Waals surface area contributed by atoms with Crippen molar-refractivity contribution in [3.63, 3.8) is 0 Å². The summed E-state index contributed by atoms with van der Waals surface area (Å²) >= 11 is 0. The van der Waals surface area contributed by atoms with E-state index >= 15 is 0 Å². The van der Waals surface area contributed by atoms with E-state index in [1.165, 1.54) is 0 Å². The predicted molar refractivity (Wildman–Crippen MR) is 111 cm³/mol. The number of unbranched alkanes of at least 4 members (excludes halogenated alkanes) is 1. The summed E-state index contributed by atoms with van der Waals surface area (Å²) in [4.78, 5) is 11.6. The number of aromatic nitrogens is 2. The van der Waals surface area contributed by atoms with Crippen LogP contribution in [0.25, 0.3) is 0 Å². The van der Waals surface area contributed by atoms with Gasteiger partial charge in [-0.15, -0.1) is 0 Å². The highest BCUT2D eigenvalue weighted by Crippen LogP contribution is 2.38. The molecule has 0 unspecified atom stereocenters. The first-order chi connectivity index (χ1) is 14.0.